The van der Waals surface area contributed by atoms with E-state index >= 15 is 0 Å². The van der Waals surface area contributed by atoms with Gasteiger partial charge in [0.15, 0.2) is 0 Å². The molecule has 108 valence electrons. The van der Waals surface area contributed by atoms with E-state index < -0.39 is 11.9 Å². The number of fused-ring (bicyclic) bond motifs is 1. The quantitative estimate of drug-likeness (QED) is 0.910. The summed E-state index contributed by atoms with van der Waals surface area (Å²) in [5, 5.41) is 18.5. The molecule has 2 N–H and O–H groups in total. The zero-order valence-electron chi connectivity index (χ0n) is 10.9. The van der Waals surface area contributed by atoms with Gasteiger partial charge in [-0.25, -0.2) is 14.0 Å². The number of carbonyl (C=O) groups is 2. The van der Waals surface area contributed by atoms with Gasteiger partial charge in [-0.2, -0.15) is 0 Å². The van der Waals surface area contributed by atoms with Crippen molar-refractivity contribution in [1.82, 2.24) is 4.57 Å². The molecule has 0 spiro atoms. The Kier molecular flexibility index (Phi) is 3.01. The van der Waals surface area contributed by atoms with Gasteiger partial charge in [0.05, 0.1) is 11.1 Å². The minimum atomic E-state index is -1.26. The van der Waals surface area contributed by atoms with Crippen molar-refractivity contribution in [1.29, 1.82) is 0 Å². The SMILES string of the molecule is O=C(O)c1cn2c(c1C(=O)O)C(c1ccc(F)cc1)CC2. The highest BCUT2D eigenvalue weighted by atomic mass is 19.1. The molecule has 1 aliphatic rings. The lowest BCUT2D eigenvalue weighted by Gasteiger charge is -2.11. The molecule has 0 saturated heterocycles. The highest BCUT2D eigenvalue weighted by molar-refractivity contribution is 6.03. The number of aromatic nitrogens is 1. The maximum atomic E-state index is 13.0. The van der Waals surface area contributed by atoms with Crippen molar-refractivity contribution in [2.45, 2.75) is 18.9 Å². The van der Waals surface area contributed by atoms with E-state index in [1.165, 1.54) is 18.3 Å². The van der Waals surface area contributed by atoms with E-state index in [2.05, 4.69) is 0 Å². The second-order valence-corrected chi connectivity index (χ2v) is 5.00. The standard InChI is InChI=1S/C15H12FNO4/c16-9-3-1-8(2-4-9)10-5-6-17-7-11(14(18)19)12(13(10)17)15(20)21/h1-4,7,10H,5-6H2,(H,18,19)(H,20,21). The number of aryl methyl sites for hydroxylation is 1. The summed E-state index contributed by atoms with van der Waals surface area (Å²) in [6, 6.07) is 5.85. The van der Waals surface area contributed by atoms with E-state index in [1.54, 1.807) is 16.7 Å². The van der Waals surface area contributed by atoms with Gasteiger partial charge in [-0.3, -0.25) is 0 Å². The molecule has 0 fully saturated rings. The minimum Gasteiger partial charge on any atom is -0.478 e. The highest BCUT2D eigenvalue weighted by Gasteiger charge is 2.34. The van der Waals surface area contributed by atoms with Crippen LogP contribution < -0.4 is 0 Å². The van der Waals surface area contributed by atoms with E-state index in [1.807, 2.05) is 0 Å². The van der Waals surface area contributed by atoms with E-state index in [4.69, 9.17) is 5.11 Å². The van der Waals surface area contributed by atoms with Gasteiger partial charge in [0.1, 0.15) is 5.82 Å². The number of aromatic carboxylic acids is 2. The van der Waals surface area contributed by atoms with E-state index in [0.717, 1.165) is 5.56 Å². The first-order valence-electron chi connectivity index (χ1n) is 6.44. The number of nitrogens with zero attached hydrogens (tertiary/aromatic N) is 1. The minimum absolute atomic E-state index is 0.172. The Labute approximate surface area is 119 Å². The Morgan fingerprint density at radius 2 is 1.81 bits per heavy atom. The van der Waals surface area contributed by atoms with Gasteiger partial charge in [0.25, 0.3) is 0 Å². The normalized spacial score (nSPS) is 16.7. The molecule has 3 rings (SSSR count). The monoisotopic (exact) mass is 289 g/mol. The van der Waals surface area contributed by atoms with Gasteiger partial charge in [-0.15, -0.1) is 0 Å². The smallest absolute Gasteiger partial charge is 0.338 e. The number of hydrogen-bond acceptors (Lipinski definition) is 2. The fourth-order valence-corrected chi connectivity index (χ4v) is 2.94. The third-order valence-electron chi connectivity index (χ3n) is 3.83. The number of rotatable bonds is 3. The van der Waals surface area contributed by atoms with Gasteiger partial charge in [-0.05, 0) is 24.1 Å². The molecule has 0 radical (unpaired) electrons. The van der Waals surface area contributed by atoms with Crippen molar-refractivity contribution >= 4 is 11.9 Å². The van der Waals surface area contributed by atoms with Crippen LogP contribution in [-0.4, -0.2) is 26.7 Å². The molecule has 0 aliphatic carbocycles. The maximum Gasteiger partial charge on any atom is 0.338 e. The second-order valence-electron chi connectivity index (χ2n) is 5.00. The molecule has 1 unspecified atom stereocenters. The van der Waals surface area contributed by atoms with Crippen molar-refractivity contribution in [2.75, 3.05) is 0 Å². The summed E-state index contributed by atoms with van der Waals surface area (Å²) in [6.07, 6.45) is 2.03. The number of halogens is 1. The number of carboxylic acid groups (broad SMARTS) is 2. The lowest BCUT2D eigenvalue weighted by Crippen LogP contribution is -2.09. The molecule has 2 aromatic rings. The number of hydrogen-bond donors (Lipinski definition) is 2. The Morgan fingerprint density at radius 3 is 2.38 bits per heavy atom. The molecular weight excluding hydrogens is 277 g/mol. The average Bonchev–Trinajstić information content (AvgIpc) is 2.97. The molecule has 1 aliphatic heterocycles. The van der Waals surface area contributed by atoms with Crippen LogP contribution in [-0.2, 0) is 6.54 Å². The van der Waals surface area contributed by atoms with Crippen LogP contribution >= 0.6 is 0 Å². The zero-order valence-corrected chi connectivity index (χ0v) is 10.9. The molecule has 2 heterocycles. The summed E-state index contributed by atoms with van der Waals surface area (Å²) < 4.78 is 14.7. The Hall–Kier alpha value is -2.63. The second kappa shape index (κ2) is 4.73. The third kappa shape index (κ3) is 2.08. The average molecular weight is 289 g/mol. The van der Waals surface area contributed by atoms with Crippen LogP contribution in [0.1, 0.15) is 44.3 Å². The summed E-state index contributed by atoms with van der Waals surface area (Å²) in [5.74, 6) is -3.11. The molecule has 6 heteroatoms. The largest absolute Gasteiger partial charge is 0.478 e. The zero-order chi connectivity index (χ0) is 15.1. The molecule has 1 aromatic carbocycles. The summed E-state index contributed by atoms with van der Waals surface area (Å²) in [7, 11) is 0. The highest BCUT2D eigenvalue weighted by Crippen LogP contribution is 2.38. The van der Waals surface area contributed by atoms with E-state index in [0.29, 0.717) is 18.7 Å². The molecule has 5 nitrogen and oxygen atoms in total. The number of benzene rings is 1. The fourth-order valence-electron chi connectivity index (χ4n) is 2.94. The predicted molar refractivity (Wildman–Crippen MR) is 71.2 cm³/mol. The van der Waals surface area contributed by atoms with E-state index in [9.17, 15) is 19.1 Å². The first-order valence-corrected chi connectivity index (χ1v) is 6.44. The summed E-state index contributed by atoms with van der Waals surface area (Å²) >= 11 is 0. The molecule has 1 atom stereocenters. The molecule has 0 bridgehead atoms. The first-order chi connectivity index (χ1) is 9.99. The summed E-state index contributed by atoms with van der Waals surface area (Å²) in [4.78, 5) is 22.6. The van der Waals surface area contributed by atoms with Crippen molar-refractivity contribution < 1.29 is 24.2 Å². The molecular formula is C15H12FNO4. The van der Waals surface area contributed by atoms with Gasteiger partial charge in [0.2, 0.25) is 0 Å². The van der Waals surface area contributed by atoms with Crippen LogP contribution in [0.5, 0.6) is 0 Å². The fraction of sp³-hybridized carbons (Fsp3) is 0.200. The third-order valence-corrected chi connectivity index (χ3v) is 3.83. The van der Waals surface area contributed by atoms with Gasteiger partial charge in [-0.1, -0.05) is 12.1 Å². The predicted octanol–water partition coefficient (Wildman–Crippen LogP) is 2.56. The summed E-state index contributed by atoms with van der Waals surface area (Å²) in [6.45, 7) is 0.547. The first kappa shape index (κ1) is 13.4. The molecule has 1 aromatic heterocycles. The van der Waals surface area contributed by atoms with Gasteiger partial charge in [0, 0.05) is 24.4 Å². The molecule has 0 saturated carbocycles. The van der Waals surface area contributed by atoms with Crippen LogP contribution in [0.25, 0.3) is 0 Å². The Bertz CT molecular complexity index is 733. The van der Waals surface area contributed by atoms with Gasteiger partial charge < -0.3 is 14.8 Å². The van der Waals surface area contributed by atoms with Crippen molar-refractivity contribution in [3.05, 3.63) is 58.7 Å². The van der Waals surface area contributed by atoms with Crippen LogP contribution in [0.4, 0.5) is 4.39 Å². The molecule has 21 heavy (non-hydrogen) atoms. The van der Waals surface area contributed by atoms with Crippen molar-refractivity contribution in [2.24, 2.45) is 0 Å². The van der Waals surface area contributed by atoms with Crippen LogP contribution in [0, 0.1) is 5.82 Å². The molecule has 0 amide bonds. The van der Waals surface area contributed by atoms with Crippen LogP contribution in [0.3, 0.4) is 0 Å². The Balaban J connectivity index is 2.14. The van der Waals surface area contributed by atoms with Crippen molar-refractivity contribution in [3.63, 3.8) is 0 Å². The van der Waals surface area contributed by atoms with Crippen LogP contribution in [0.2, 0.25) is 0 Å². The lowest BCUT2D eigenvalue weighted by molar-refractivity contribution is 0.0651. The van der Waals surface area contributed by atoms with Crippen molar-refractivity contribution in [3.8, 4) is 0 Å². The summed E-state index contributed by atoms with van der Waals surface area (Å²) in [5.41, 5.74) is 0.887. The number of carboxylic acids is 2. The van der Waals surface area contributed by atoms with Crippen LogP contribution in [0.15, 0.2) is 30.5 Å². The Morgan fingerprint density at radius 1 is 1.14 bits per heavy atom. The van der Waals surface area contributed by atoms with Gasteiger partial charge >= 0.3 is 11.9 Å². The van der Waals surface area contributed by atoms with E-state index in [-0.39, 0.29) is 22.9 Å². The topological polar surface area (TPSA) is 79.5 Å². The maximum absolute atomic E-state index is 13.0. The lowest BCUT2D eigenvalue weighted by atomic mass is 9.91.